The molecule has 0 saturated carbocycles. The first-order valence-corrected chi connectivity index (χ1v) is 10.5. The van der Waals surface area contributed by atoms with E-state index < -0.39 is 0 Å². The number of amides is 1. The predicted molar refractivity (Wildman–Crippen MR) is 123 cm³/mol. The summed E-state index contributed by atoms with van der Waals surface area (Å²) in [4.78, 5) is 12.8. The molecule has 3 aromatic carbocycles. The fourth-order valence-corrected chi connectivity index (χ4v) is 3.27. The van der Waals surface area contributed by atoms with E-state index in [1.807, 2.05) is 36.4 Å². The van der Waals surface area contributed by atoms with Crippen molar-refractivity contribution in [2.45, 2.75) is 32.8 Å². The summed E-state index contributed by atoms with van der Waals surface area (Å²) in [6, 6.07) is 20.8. The van der Waals surface area contributed by atoms with Gasteiger partial charge in [0, 0.05) is 16.8 Å². The summed E-state index contributed by atoms with van der Waals surface area (Å²) in [6.07, 6.45) is 3.38. The van der Waals surface area contributed by atoms with Gasteiger partial charge in [0.15, 0.2) is 11.5 Å². The molecule has 5 heteroatoms. The number of hydrogen-bond acceptors (Lipinski definition) is 4. The smallest absolute Gasteiger partial charge is 0.255 e. The molecule has 3 aromatic rings. The Hall–Kier alpha value is -3.47. The molecule has 0 bridgehead atoms. The van der Waals surface area contributed by atoms with Crippen molar-refractivity contribution in [3.05, 3.63) is 83.4 Å². The zero-order valence-electron chi connectivity index (χ0n) is 18.3. The summed E-state index contributed by atoms with van der Waals surface area (Å²) < 4.78 is 16.7. The van der Waals surface area contributed by atoms with Crippen LogP contribution in [-0.2, 0) is 13.0 Å². The van der Waals surface area contributed by atoms with E-state index in [0.29, 0.717) is 22.8 Å². The van der Waals surface area contributed by atoms with Gasteiger partial charge in [0.1, 0.15) is 12.4 Å². The Kier molecular flexibility index (Phi) is 7.93. The summed E-state index contributed by atoms with van der Waals surface area (Å²) in [7, 11) is 3.20. The molecule has 5 nitrogen and oxygen atoms in total. The number of nitrogens with one attached hydrogen (secondary N) is 1. The van der Waals surface area contributed by atoms with Gasteiger partial charge < -0.3 is 19.5 Å². The van der Waals surface area contributed by atoms with Crippen LogP contribution in [0.5, 0.6) is 17.2 Å². The number of carbonyl (C=O) groups excluding carboxylic acids is 1. The van der Waals surface area contributed by atoms with Gasteiger partial charge in [-0.05, 0) is 60.9 Å². The molecule has 1 N–H and O–H groups in total. The molecule has 3 rings (SSSR count). The Morgan fingerprint density at radius 3 is 2.26 bits per heavy atom. The van der Waals surface area contributed by atoms with Gasteiger partial charge in [-0.15, -0.1) is 0 Å². The molecule has 0 aliphatic rings. The van der Waals surface area contributed by atoms with Gasteiger partial charge in [-0.2, -0.15) is 0 Å². The Labute approximate surface area is 184 Å². The van der Waals surface area contributed by atoms with Crippen molar-refractivity contribution in [1.82, 2.24) is 0 Å². The third-order valence-electron chi connectivity index (χ3n) is 5.03. The molecule has 1 amide bonds. The van der Waals surface area contributed by atoms with Crippen molar-refractivity contribution in [3.63, 3.8) is 0 Å². The van der Waals surface area contributed by atoms with Crippen LogP contribution in [0.1, 0.15) is 41.3 Å². The number of carbonyl (C=O) groups is 1. The molecular weight excluding hydrogens is 390 g/mol. The minimum atomic E-state index is -0.178. The summed E-state index contributed by atoms with van der Waals surface area (Å²) in [5.41, 5.74) is 3.36. The molecule has 0 unspecified atom stereocenters. The zero-order valence-corrected chi connectivity index (χ0v) is 18.3. The van der Waals surface area contributed by atoms with Gasteiger partial charge in [-0.25, -0.2) is 0 Å². The molecule has 0 saturated heterocycles. The maximum absolute atomic E-state index is 12.8. The number of para-hydroxylation sites is 2. The molecule has 0 aliphatic heterocycles. The SMILES string of the molecule is CCCCc1ccc(NC(=O)c2ccc(OC)c(COc3ccccc3OC)c2)cc1. The fraction of sp³-hybridized carbons (Fsp3) is 0.269. The molecule has 0 atom stereocenters. The highest BCUT2D eigenvalue weighted by atomic mass is 16.5. The monoisotopic (exact) mass is 419 g/mol. The molecular formula is C26H29NO4. The maximum Gasteiger partial charge on any atom is 0.255 e. The number of hydrogen-bond donors (Lipinski definition) is 1. The molecule has 0 heterocycles. The summed E-state index contributed by atoms with van der Waals surface area (Å²) in [5, 5.41) is 2.96. The van der Waals surface area contributed by atoms with Crippen molar-refractivity contribution in [2.24, 2.45) is 0 Å². The van der Waals surface area contributed by atoms with Crippen molar-refractivity contribution < 1.29 is 19.0 Å². The number of benzene rings is 3. The van der Waals surface area contributed by atoms with Crippen LogP contribution in [0.2, 0.25) is 0 Å². The average molecular weight is 420 g/mol. The highest BCUT2D eigenvalue weighted by Gasteiger charge is 2.12. The van der Waals surface area contributed by atoms with Crippen molar-refractivity contribution in [3.8, 4) is 17.2 Å². The molecule has 0 spiro atoms. The number of unbranched alkanes of at least 4 members (excludes halogenated alkanes) is 1. The highest BCUT2D eigenvalue weighted by molar-refractivity contribution is 6.04. The highest BCUT2D eigenvalue weighted by Crippen LogP contribution is 2.28. The first-order valence-electron chi connectivity index (χ1n) is 10.5. The van der Waals surface area contributed by atoms with Gasteiger partial charge in [0.05, 0.1) is 14.2 Å². The van der Waals surface area contributed by atoms with Crippen LogP contribution in [0, 0.1) is 0 Å². The molecule has 31 heavy (non-hydrogen) atoms. The summed E-state index contributed by atoms with van der Waals surface area (Å²) >= 11 is 0. The second kappa shape index (κ2) is 11.1. The lowest BCUT2D eigenvalue weighted by Gasteiger charge is -2.14. The maximum atomic E-state index is 12.8. The number of anilines is 1. The van der Waals surface area contributed by atoms with Crippen molar-refractivity contribution >= 4 is 11.6 Å². The second-order valence-corrected chi connectivity index (χ2v) is 7.22. The Bertz CT molecular complexity index is 999. The lowest BCUT2D eigenvalue weighted by Crippen LogP contribution is -2.13. The summed E-state index contributed by atoms with van der Waals surface area (Å²) in [6.45, 7) is 2.43. The second-order valence-electron chi connectivity index (χ2n) is 7.22. The molecule has 0 aromatic heterocycles. The quantitative estimate of drug-likeness (QED) is 0.446. The van der Waals surface area contributed by atoms with Crippen LogP contribution in [0.3, 0.4) is 0 Å². The van der Waals surface area contributed by atoms with E-state index in [9.17, 15) is 4.79 Å². The Balaban J connectivity index is 1.70. The largest absolute Gasteiger partial charge is 0.496 e. The zero-order chi connectivity index (χ0) is 22.1. The third-order valence-corrected chi connectivity index (χ3v) is 5.03. The summed E-state index contributed by atoms with van der Waals surface area (Å²) in [5.74, 6) is 1.76. The third kappa shape index (κ3) is 6.01. The van der Waals surface area contributed by atoms with Crippen LogP contribution >= 0.6 is 0 Å². The normalized spacial score (nSPS) is 10.4. The van der Waals surface area contributed by atoms with Crippen LogP contribution in [0.15, 0.2) is 66.7 Å². The van der Waals surface area contributed by atoms with Crippen LogP contribution in [-0.4, -0.2) is 20.1 Å². The van der Waals surface area contributed by atoms with E-state index in [1.54, 1.807) is 32.4 Å². The van der Waals surface area contributed by atoms with E-state index >= 15 is 0 Å². The topological polar surface area (TPSA) is 56.8 Å². The van der Waals surface area contributed by atoms with Gasteiger partial charge in [-0.1, -0.05) is 37.6 Å². The lowest BCUT2D eigenvalue weighted by molar-refractivity contribution is 0.102. The first-order chi connectivity index (χ1) is 15.1. The van der Waals surface area contributed by atoms with Crippen LogP contribution < -0.4 is 19.5 Å². The number of aryl methyl sites for hydroxylation is 1. The minimum Gasteiger partial charge on any atom is -0.496 e. The van der Waals surface area contributed by atoms with Gasteiger partial charge in [0.25, 0.3) is 5.91 Å². The van der Waals surface area contributed by atoms with Crippen molar-refractivity contribution in [1.29, 1.82) is 0 Å². The number of methoxy groups -OCH3 is 2. The first kappa shape index (κ1) is 22.2. The van der Waals surface area contributed by atoms with E-state index in [4.69, 9.17) is 14.2 Å². The predicted octanol–water partition coefficient (Wildman–Crippen LogP) is 5.88. The van der Waals surface area contributed by atoms with Crippen LogP contribution in [0.4, 0.5) is 5.69 Å². The lowest BCUT2D eigenvalue weighted by atomic mass is 10.1. The van der Waals surface area contributed by atoms with Gasteiger partial charge in [0.2, 0.25) is 0 Å². The number of ether oxygens (including phenoxy) is 3. The van der Waals surface area contributed by atoms with E-state index in [2.05, 4.69) is 24.4 Å². The van der Waals surface area contributed by atoms with E-state index in [1.165, 1.54) is 12.0 Å². The molecule has 0 fully saturated rings. The van der Waals surface area contributed by atoms with E-state index in [-0.39, 0.29) is 12.5 Å². The Morgan fingerprint density at radius 2 is 1.58 bits per heavy atom. The average Bonchev–Trinajstić information content (AvgIpc) is 2.82. The Morgan fingerprint density at radius 1 is 0.871 bits per heavy atom. The standard InChI is InChI=1S/C26H29NO4/c1-4-5-8-19-11-14-22(15-12-19)27-26(28)20-13-16-23(29-2)21(17-20)18-31-25-10-7-6-9-24(25)30-3/h6-7,9-17H,4-5,8,18H2,1-3H3,(H,27,28). The van der Waals surface area contributed by atoms with Gasteiger partial charge >= 0.3 is 0 Å². The van der Waals surface area contributed by atoms with E-state index in [0.717, 1.165) is 24.1 Å². The molecule has 0 aliphatic carbocycles. The molecule has 0 radical (unpaired) electrons. The number of rotatable bonds is 10. The van der Waals surface area contributed by atoms with Gasteiger partial charge in [-0.3, -0.25) is 4.79 Å². The van der Waals surface area contributed by atoms with Crippen molar-refractivity contribution in [2.75, 3.05) is 19.5 Å². The van der Waals surface area contributed by atoms with Crippen LogP contribution in [0.25, 0.3) is 0 Å². The fourth-order valence-electron chi connectivity index (χ4n) is 3.27. The minimum absolute atomic E-state index is 0.178. The molecule has 162 valence electrons.